The summed E-state index contributed by atoms with van der Waals surface area (Å²) in [7, 11) is -3.31. The minimum Gasteiger partial charge on any atom is -0.329 e. The average Bonchev–Trinajstić information content (AvgIpc) is 2.85. The fourth-order valence-corrected chi connectivity index (χ4v) is 5.14. The van der Waals surface area contributed by atoms with E-state index in [9.17, 15) is 8.42 Å². The van der Waals surface area contributed by atoms with Gasteiger partial charge >= 0.3 is 0 Å². The average molecular weight is 260 g/mol. The lowest BCUT2D eigenvalue weighted by Crippen LogP contribution is -2.39. The van der Waals surface area contributed by atoms with Crippen LogP contribution < -0.4 is 5.73 Å². The van der Waals surface area contributed by atoms with Crippen molar-refractivity contribution in [3.8, 4) is 0 Å². The van der Waals surface area contributed by atoms with Crippen LogP contribution in [-0.4, -0.2) is 31.9 Å². The maximum atomic E-state index is 12.3. The Bertz CT molecular complexity index is 467. The molecule has 4 nitrogen and oxygen atoms in total. The van der Waals surface area contributed by atoms with E-state index in [4.69, 9.17) is 5.73 Å². The van der Waals surface area contributed by atoms with Gasteiger partial charge in [0.2, 0.25) is 0 Å². The van der Waals surface area contributed by atoms with E-state index >= 15 is 0 Å². The van der Waals surface area contributed by atoms with Gasteiger partial charge in [0, 0.05) is 24.0 Å². The third-order valence-corrected chi connectivity index (χ3v) is 6.29. The highest BCUT2D eigenvalue weighted by molar-refractivity contribution is 7.91. The summed E-state index contributed by atoms with van der Waals surface area (Å²) < 4.78 is 26.6. The lowest BCUT2D eigenvalue weighted by atomic mass is 10.2. The molecule has 1 aromatic heterocycles. The topological polar surface area (TPSA) is 63.4 Å². The summed E-state index contributed by atoms with van der Waals surface area (Å²) >= 11 is 1.32. The number of nitrogens with zero attached hydrogens (tertiary/aromatic N) is 1. The monoisotopic (exact) mass is 260 g/mol. The molecule has 1 saturated heterocycles. The third-order valence-electron chi connectivity index (χ3n) is 2.87. The van der Waals surface area contributed by atoms with E-state index in [2.05, 4.69) is 0 Å². The highest BCUT2D eigenvalue weighted by atomic mass is 32.2. The lowest BCUT2D eigenvalue weighted by molar-refractivity contribution is 0.394. The fourth-order valence-electron chi connectivity index (χ4n) is 2.03. The Morgan fingerprint density at radius 3 is 2.88 bits per heavy atom. The summed E-state index contributed by atoms with van der Waals surface area (Å²) in [6, 6.07) is 3.50. The van der Waals surface area contributed by atoms with Gasteiger partial charge in [-0.15, -0.1) is 11.3 Å². The normalized spacial score (nSPS) is 22.8. The Hall–Kier alpha value is -0.430. The van der Waals surface area contributed by atoms with Crippen molar-refractivity contribution in [2.24, 2.45) is 5.73 Å². The first-order valence-electron chi connectivity index (χ1n) is 5.34. The summed E-state index contributed by atoms with van der Waals surface area (Å²) in [5, 5.41) is 0. The minimum absolute atomic E-state index is 0.0209. The molecule has 1 atom stereocenters. The van der Waals surface area contributed by atoms with Gasteiger partial charge in [0.05, 0.1) is 0 Å². The minimum atomic E-state index is -3.31. The molecule has 0 amide bonds. The summed E-state index contributed by atoms with van der Waals surface area (Å²) in [5.41, 5.74) is 5.60. The first-order valence-corrected chi connectivity index (χ1v) is 7.59. The van der Waals surface area contributed by atoms with Crippen LogP contribution in [0.25, 0.3) is 0 Å². The molecule has 2 heterocycles. The van der Waals surface area contributed by atoms with Crippen LogP contribution in [-0.2, 0) is 10.0 Å². The Morgan fingerprint density at radius 1 is 1.56 bits per heavy atom. The zero-order valence-corrected chi connectivity index (χ0v) is 10.9. The van der Waals surface area contributed by atoms with Crippen molar-refractivity contribution >= 4 is 21.4 Å². The van der Waals surface area contributed by atoms with E-state index in [0.717, 1.165) is 17.7 Å². The molecule has 2 N–H and O–H groups in total. The Kier molecular flexibility index (Phi) is 3.34. The van der Waals surface area contributed by atoms with Crippen LogP contribution in [0, 0.1) is 6.92 Å². The van der Waals surface area contributed by atoms with E-state index in [1.54, 1.807) is 10.4 Å². The van der Waals surface area contributed by atoms with Crippen LogP contribution in [0.4, 0.5) is 0 Å². The molecule has 0 radical (unpaired) electrons. The molecule has 1 aliphatic heterocycles. The second-order valence-corrected chi connectivity index (χ2v) is 7.42. The molecule has 1 aromatic rings. The molecule has 0 saturated carbocycles. The van der Waals surface area contributed by atoms with Crippen molar-refractivity contribution < 1.29 is 8.42 Å². The van der Waals surface area contributed by atoms with Gasteiger partial charge in [-0.2, -0.15) is 4.31 Å². The van der Waals surface area contributed by atoms with Crippen molar-refractivity contribution in [1.29, 1.82) is 0 Å². The second-order valence-electron chi connectivity index (χ2n) is 4.01. The van der Waals surface area contributed by atoms with Crippen LogP contribution in [0.1, 0.15) is 17.7 Å². The Labute approximate surface area is 100 Å². The highest BCUT2D eigenvalue weighted by Crippen LogP contribution is 2.29. The first-order chi connectivity index (χ1) is 7.55. The van der Waals surface area contributed by atoms with E-state index in [0.29, 0.717) is 17.3 Å². The summed E-state index contributed by atoms with van der Waals surface area (Å²) in [6.45, 7) is 2.92. The molecule has 0 aliphatic carbocycles. The maximum absolute atomic E-state index is 12.3. The van der Waals surface area contributed by atoms with Crippen LogP contribution in [0.15, 0.2) is 16.3 Å². The van der Waals surface area contributed by atoms with Crippen molar-refractivity contribution in [2.45, 2.75) is 30.0 Å². The zero-order valence-electron chi connectivity index (χ0n) is 9.22. The molecule has 0 spiro atoms. The SMILES string of the molecule is Cc1ccc(S(=O)(=O)N2CCCC2CN)s1. The molecular formula is C10H16N2O2S2. The predicted octanol–water partition coefficient (Wildman–Crippen LogP) is 1.17. The molecule has 16 heavy (non-hydrogen) atoms. The predicted molar refractivity (Wildman–Crippen MR) is 65.0 cm³/mol. The molecule has 0 bridgehead atoms. The second kappa shape index (κ2) is 4.44. The van der Waals surface area contributed by atoms with Crippen LogP contribution in [0.5, 0.6) is 0 Å². The number of rotatable bonds is 3. The molecular weight excluding hydrogens is 244 g/mol. The molecule has 6 heteroatoms. The van der Waals surface area contributed by atoms with E-state index in [1.807, 2.05) is 13.0 Å². The smallest absolute Gasteiger partial charge is 0.252 e. The summed E-state index contributed by atoms with van der Waals surface area (Å²) in [6.07, 6.45) is 1.78. The summed E-state index contributed by atoms with van der Waals surface area (Å²) in [5.74, 6) is 0. The number of aryl methyl sites for hydroxylation is 1. The van der Waals surface area contributed by atoms with Gasteiger partial charge in [-0.1, -0.05) is 0 Å². The van der Waals surface area contributed by atoms with Crippen LogP contribution in [0.2, 0.25) is 0 Å². The largest absolute Gasteiger partial charge is 0.329 e. The van der Waals surface area contributed by atoms with Gasteiger partial charge in [0.15, 0.2) is 0 Å². The maximum Gasteiger partial charge on any atom is 0.252 e. The van der Waals surface area contributed by atoms with Crippen molar-refractivity contribution in [2.75, 3.05) is 13.1 Å². The van der Waals surface area contributed by atoms with E-state index < -0.39 is 10.0 Å². The van der Waals surface area contributed by atoms with Gasteiger partial charge in [0.25, 0.3) is 10.0 Å². The Balaban J connectivity index is 2.32. The summed E-state index contributed by atoms with van der Waals surface area (Å²) in [4.78, 5) is 1.02. The molecule has 90 valence electrons. The van der Waals surface area contributed by atoms with Gasteiger partial charge < -0.3 is 5.73 Å². The standard InChI is InChI=1S/C10H16N2O2S2/c1-8-4-5-10(15-8)16(13,14)12-6-2-3-9(12)7-11/h4-5,9H,2-3,6-7,11H2,1H3. The lowest BCUT2D eigenvalue weighted by Gasteiger charge is -2.21. The Morgan fingerprint density at radius 2 is 2.31 bits per heavy atom. The number of sulfonamides is 1. The molecule has 1 unspecified atom stereocenters. The van der Waals surface area contributed by atoms with Gasteiger partial charge in [0.1, 0.15) is 4.21 Å². The first kappa shape index (κ1) is 12.0. The van der Waals surface area contributed by atoms with Crippen molar-refractivity contribution in [3.05, 3.63) is 17.0 Å². The number of nitrogens with two attached hydrogens (primary N) is 1. The molecule has 1 aliphatic rings. The van der Waals surface area contributed by atoms with Gasteiger partial charge in [-0.05, 0) is 31.9 Å². The number of hydrogen-bond acceptors (Lipinski definition) is 4. The van der Waals surface area contributed by atoms with Gasteiger partial charge in [-0.3, -0.25) is 0 Å². The van der Waals surface area contributed by atoms with Crippen molar-refractivity contribution in [1.82, 2.24) is 4.31 Å². The number of hydrogen-bond donors (Lipinski definition) is 1. The highest BCUT2D eigenvalue weighted by Gasteiger charge is 2.35. The van der Waals surface area contributed by atoms with E-state index in [-0.39, 0.29) is 6.04 Å². The number of thiophene rings is 1. The van der Waals surface area contributed by atoms with Crippen molar-refractivity contribution in [3.63, 3.8) is 0 Å². The molecule has 1 fully saturated rings. The van der Waals surface area contributed by atoms with Crippen LogP contribution in [0.3, 0.4) is 0 Å². The third kappa shape index (κ3) is 2.02. The molecule has 2 rings (SSSR count). The van der Waals surface area contributed by atoms with Crippen LogP contribution >= 0.6 is 11.3 Å². The fraction of sp³-hybridized carbons (Fsp3) is 0.600. The van der Waals surface area contributed by atoms with Gasteiger partial charge in [-0.25, -0.2) is 8.42 Å². The van der Waals surface area contributed by atoms with E-state index in [1.165, 1.54) is 11.3 Å². The zero-order chi connectivity index (χ0) is 11.8. The molecule has 0 aromatic carbocycles. The quantitative estimate of drug-likeness (QED) is 0.887.